The van der Waals surface area contributed by atoms with Gasteiger partial charge in [-0.25, -0.2) is 4.98 Å². The van der Waals surface area contributed by atoms with E-state index in [4.69, 9.17) is 0 Å². The Morgan fingerprint density at radius 1 is 1.10 bits per heavy atom. The fourth-order valence-electron chi connectivity index (χ4n) is 3.10. The van der Waals surface area contributed by atoms with E-state index >= 15 is 0 Å². The van der Waals surface area contributed by atoms with Gasteiger partial charge in [0.15, 0.2) is 0 Å². The summed E-state index contributed by atoms with van der Waals surface area (Å²) < 4.78 is 0. The van der Waals surface area contributed by atoms with Crippen LogP contribution < -0.4 is 4.90 Å². The third kappa shape index (κ3) is 3.53. The number of hydrogen-bond acceptors (Lipinski definition) is 4. The van der Waals surface area contributed by atoms with Crippen molar-refractivity contribution in [2.24, 2.45) is 0 Å². The first-order valence-electron chi connectivity index (χ1n) is 7.91. The molecule has 3 rings (SSSR count). The molecule has 21 heavy (non-hydrogen) atoms. The van der Waals surface area contributed by atoms with Gasteiger partial charge in [0.25, 0.3) is 0 Å². The van der Waals surface area contributed by atoms with Crippen LogP contribution in [0.5, 0.6) is 0 Å². The number of nitrogens with zero attached hydrogens (tertiary/aromatic N) is 4. The molecule has 0 bridgehead atoms. The van der Waals surface area contributed by atoms with Gasteiger partial charge in [-0.3, -0.25) is 9.69 Å². The van der Waals surface area contributed by atoms with E-state index in [1.54, 1.807) is 0 Å². The van der Waals surface area contributed by atoms with Crippen LogP contribution in [0.15, 0.2) is 18.2 Å². The number of hydrogen-bond donors (Lipinski definition) is 0. The Balaban J connectivity index is 1.49. The Kier molecular flexibility index (Phi) is 4.39. The number of aromatic nitrogens is 1. The molecule has 0 radical (unpaired) electrons. The van der Waals surface area contributed by atoms with E-state index in [0.717, 1.165) is 50.8 Å². The predicted molar refractivity (Wildman–Crippen MR) is 83.4 cm³/mol. The first-order chi connectivity index (χ1) is 10.2. The molecular formula is C16H24N4O. The largest absolute Gasteiger partial charge is 0.354 e. The quantitative estimate of drug-likeness (QED) is 0.836. The summed E-state index contributed by atoms with van der Waals surface area (Å²) in [6, 6.07) is 6.15. The molecule has 5 heteroatoms. The van der Waals surface area contributed by atoms with Crippen molar-refractivity contribution in [3.8, 4) is 0 Å². The molecule has 1 amide bonds. The monoisotopic (exact) mass is 288 g/mol. The molecule has 5 nitrogen and oxygen atoms in total. The molecule has 3 heterocycles. The lowest BCUT2D eigenvalue weighted by Crippen LogP contribution is -2.50. The van der Waals surface area contributed by atoms with Gasteiger partial charge in [-0.05, 0) is 31.9 Å². The van der Waals surface area contributed by atoms with Crippen LogP contribution in [-0.2, 0) is 4.79 Å². The minimum atomic E-state index is 0.301. The Hall–Kier alpha value is -1.62. The lowest BCUT2D eigenvalue weighted by molar-refractivity contribution is -0.131. The lowest BCUT2D eigenvalue weighted by atomic mass is 10.3. The first kappa shape index (κ1) is 14.3. The van der Waals surface area contributed by atoms with Crippen LogP contribution in [0.25, 0.3) is 0 Å². The van der Waals surface area contributed by atoms with Gasteiger partial charge in [0, 0.05) is 45.0 Å². The molecule has 0 spiro atoms. The maximum absolute atomic E-state index is 12.2. The third-order valence-corrected chi connectivity index (χ3v) is 4.39. The molecule has 0 saturated carbocycles. The Labute approximate surface area is 126 Å². The topological polar surface area (TPSA) is 39.7 Å². The maximum Gasteiger partial charge on any atom is 0.236 e. The molecule has 0 unspecified atom stereocenters. The number of carbonyl (C=O) groups excluding carboxylic acids is 1. The number of rotatable bonds is 3. The summed E-state index contributed by atoms with van der Waals surface area (Å²) in [5, 5.41) is 0. The van der Waals surface area contributed by atoms with E-state index in [-0.39, 0.29) is 0 Å². The number of likely N-dealkylation sites (tertiary alicyclic amines) is 1. The summed E-state index contributed by atoms with van der Waals surface area (Å²) in [7, 11) is 0. The lowest BCUT2D eigenvalue weighted by Gasteiger charge is -2.35. The van der Waals surface area contributed by atoms with Gasteiger partial charge in [0.05, 0.1) is 6.54 Å². The van der Waals surface area contributed by atoms with Crippen LogP contribution in [0.4, 0.5) is 5.82 Å². The number of pyridine rings is 1. The van der Waals surface area contributed by atoms with Crippen molar-refractivity contribution in [2.75, 3.05) is 50.7 Å². The second-order valence-electron chi connectivity index (χ2n) is 5.99. The van der Waals surface area contributed by atoms with Crippen LogP contribution >= 0.6 is 0 Å². The van der Waals surface area contributed by atoms with Crippen molar-refractivity contribution < 1.29 is 4.79 Å². The molecule has 0 N–H and O–H groups in total. The zero-order valence-corrected chi connectivity index (χ0v) is 12.8. The smallest absolute Gasteiger partial charge is 0.236 e. The summed E-state index contributed by atoms with van der Waals surface area (Å²) in [6.07, 6.45) is 2.33. The second-order valence-corrected chi connectivity index (χ2v) is 5.99. The average molecular weight is 288 g/mol. The first-order valence-corrected chi connectivity index (χ1v) is 7.91. The van der Waals surface area contributed by atoms with E-state index < -0.39 is 0 Å². The molecule has 1 aromatic heterocycles. The standard InChI is InChI=1S/C16H24N4O/c1-14-5-4-6-15(17-14)19-11-9-18(10-12-19)13-16(21)20-7-2-3-8-20/h4-6H,2-3,7-13H2,1H3. The Morgan fingerprint density at radius 3 is 2.48 bits per heavy atom. The second kappa shape index (κ2) is 6.43. The fraction of sp³-hybridized carbons (Fsp3) is 0.625. The summed E-state index contributed by atoms with van der Waals surface area (Å²) in [5.74, 6) is 1.36. The highest BCUT2D eigenvalue weighted by Crippen LogP contribution is 2.14. The molecule has 2 fully saturated rings. The minimum Gasteiger partial charge on any atom is -0.354 e. The fourth-order valence-corrected chi connectivity index (χ4v) is 3.10. The van der Waals surface area contributed by atoms with E-state index in [9.17, 15) is 4.79 Å². The Bertz CT molecular complexity index is 491. The van der Waals surface area contributed by atoms with E-state index in [0.29, 0.717) is 12.5 Å². The molecule has 114 valence electrons. The zero-order chi connectivity index (χ0) is 14.7. The summed E-state index contributed by atoms with van der Waals surface area (Å²) in [5.41, 5.74) is 1.05. The van der Waals surface area contributed by atoms with E-state index in [1.165, 1.54) is 12.8 Å². The highest BCUT2D eigenvalue weighted by molar-refractivity contribution is 5.78. The van der Waals surface area contributed by atoms with Crippen molar-refractivity contribution in [1.82, 2.24) is 14.8 Å². The van der Waals surface area contributed by atoms with E-state index in [2.05, 4.69) is 26.9 Å². The third-order valence-electron chi connectivity index (χ3n) is 4.39. The van der Waals surface area contributed by atoms with Crippen molar-refractivity contribution in [3.05, 3.63) is 23.9 Å². The molecule has 0 aliphatic carbocycles. The zero-order valence-electron chi connectivity index (χ0n) is 12.8. The van der Waals surface area contributed by atoms with Gasteiger partial charge in [-0.1, -0.05) is 6.07 Å². The molecule has 0 atom stereocenters. The predicted octanol–water partition coefficient (Wildman–Crippen LogP) is 1.13. The number of piperazine rings is 1. The molecule has 2 aliphatic heterocycles. The summed E-state index contributed by atoms with van der Waals surface area (Å²) in [4.78, 5) is 23.3. The average Bonchev–Trinajstić information content (AvgIpc) is 3.02. The van der Waals surface area contributed by atoms with Gasteiger partial charge in [-0.2, -0.15) is 0 Å². The van der Waals surface area contributed by atoms with Crippen molar-refractivity contribution >= 4 is 11.7 Å². The SMILES string of the molecule is Cc1cccc(N2CCN(CC(=O)N3CCCC3)CC2)n1. The summed E-state index contributed by atoms with van der Waals surface area (Å²) >= 11 is 0. The number of amides is 1. The highest BCUT2D eigenvalue weighted by atomic mass is 16.2. The van der Waals surface area contributed by atoms with Gasteiger partial charge in [0.1, 0.15) is 5.82 Å². The molecule has 0 aromatic carbocycles. The number of anilines is 1. The van der Waals surface area contributed by atoms with Crippen LogP contribution in [0.3, 0.4) is 0 Å². The number of carbonyl (C=O) groups is 1. The number of aryl methyl sites for hydroxylation is 1. The highest BCUT2D eigenvalue weighted by Gasteiger charge is 2.23. The van der Waals surface area contributed by atoms with E-state index in [1.807, 2.05) is 17.9 Å². The van der Waals surface area contributed by atoms with Crippen molar-refractivity contribution in [2.45, 2.75) is 19.8 Å². The van der Waals surface area contributed by atoms with Gasteiger partial charge in [0.2, 0.25) is 5.91 Å². The minimum absolute atomic E-state index is 0.301. The summed E-state index contributed by atoms with van der Waals surface area (Å²) in [6.45, 7) is 8.28. The van der Waals surface area contributed by atoms with Gasteiger partial charge >= 0.3 is 0 Å². The van der Waals surface area contributed by atoms with Crippen molar-refractivity contribution in [1.29, 1.82) is 0 Å². The molecule has 2 aliphatic rings. The molecule has 1 aromatic rings. The Morgan fingerprint density at radius 2 is 1.81 bits per heavy atom. The van der Waals surface area contributed by atoms with Crippen LogP contribution in [-0.4, -0.2) is 66.5 Å². The normalized spacial score (nSPS) is 20.0. The maximum atomic E-state index is 12.2. The van der Waals surface area contributed by atoms with Crippen LogP contribution in [0, 0.1) is 6.92 Å². The van der Waals surface area contributed by atoms with Gasteiger partial charge < -0.3 is 9.80 Å². The van der Waals surface area contributed by atoms with Crippen LogP contribution in [0.2, 0.25) is 0 Å². The van der Waals surface area contributed by atoms with Gasteiger partial charge in [-0.15, -0.1) is 0 Å². The van der Waals surface area contributed by atoms with Crippen molar-refractivity contribution in [3.63, 3.8) is 0 Å². The molecule has 2 saturated heterocycles. The molecular weight excluding hydrogens is 264 g/mol. The van der Waals surface area contributed by atoms with Crippen LogP contribution in [0.1, 0.15) is 18.5 Å².